The number of benzene rings is 1. The quantitative estimate of drug-likeness (QED) is 0.655. The van der Waals surface area contributed by atoms with Gasteiger partial charge in [0.1, 0.15) is 12.3 Å². The van der Waals surface area contributed by atoms with Crippen LogP contribution in [0.5, 0.6) is 5.75 Å². The van der Waals surface area contributed by atoms with Crippen LogP contribution in [0.25, 0.3) is 0 Å². The Morgan fingerprint density at radius 3 is 1.85 bits per heavy atom. The molecule has 0 unspecified atom stereocenters. The Balaban J connectivity index is 3.51. The molecule has 0 aliphatic rings. The van der Waals surface area contributed by atoms with Crippen molar-refractivity contribution in [1.29, 1.82) is 0 Å². The minimum absolute atomic E-state index is 0.0114. The highest BCUT2D eigenvalue weighted by Crippen LogP contribution is 2.38. The van der Waals surface area contributed by atoms with Crippen molar-refractivity contribution in [1.82, 2.24) is 0 Å². The van der Waals surface area contributed by atoms with Gasteiger partial charge in [0.05, 0.1) is 14.1 Å². The lowest BCUT2D eigenvalue weighted by Gasteiger charge is -2.35. The van der Waals surface area contributed by atoms with Crippen molar-refractivity contribution < 1.29 is 9.75 Å². The summed E-state index contributed by atoms with van der Waals surface area (Å²) in [5.41, 5.74) is 2.64. The second kappa shape index (κ2) is 5.05. The van der Waals surface area contributed by atoms with Crippen molar-refractivity contribution in [3.8, 4) is 5.75 Å². The summed E-state index contributed by atoms with van der Waals surface area (Å²) in [5.74, 6) is 0.271. The highest BCUT2D eigenvalue weighted by atomic mass is 16.5. The molecule has 1 rings (SSSR count). The van der Waals surface area contributed by atoms with Crippen LogP contribution in [0.3, 0.4) is 0 Å². The number of phenols is 1. The van der Waals surface area contributed by atoms with Gasteiger partial charge in [-0.25, -0.2) is 0 Å². The summed E-state index contributed by atoms with van der Waals surface area (Å²) < 4.78 is -0.440. The van der Waals surface area contributed by atoms with Gasteiger partial charge in [0.25, 0.3) is 0 Å². The minimum atomic E-state index is -0.440. The van der Waals surface area contributed by atoms with E-state index in [9.17, 15) is 10.3 Å². The average Bonchev–Trinajstić information content (AvgIpc) is 2.15. The molecule has 3 nitrogen and oxygen atoms in total. The standard InChI is InChI=1S/C17H29NO2/c1-16(2,3)13-9-12(11-18(7,8)20)15(19)14(10-13)17(4,5)6/h9-10,19H,11H2,1-8H3. The third-order valence-corrected chi connectivity index (χ3v) is 3.41. The Labute approximate surface area is 123 Å². The SMILES string of the molecule is CC(C)(C)c1cc(C[N+](C)(C)[O-])c(O)c(C(C)(C)C)c1. The van der Waals surface area contributed by atoms with E-state index in [1.54, 1.807) is 14.1 Å². The van der Waals surface area contributed by atoms with Gasteiger partial charge in [0, 0.05) is 11.1 Å². The van der Waals surface area contributed by atoms with Crippen molar-refractivity contribution in [2.75, 3.05) is 14.1 Å². The molecular weight excluding hydrogens is 250 g/mol. The third-order valence-electron chi connectivity index (χ3n) is 3.41. The number of hydroxylamine groups is 3. The number of hydrogen-bond acceptors (Lipinski definition) is 2. The smallest absolute Gasteiger partial charge is 0.128 e. The number of nitrogens with zero attached hydrogens (tertiary/aromatic N) is 1. The molecule has 0 radical (unpaired) electrons. The number of quaternary nitrogens is 1. The monoisotopic (exact) mass is 279 g/mol. The Morgan fingerprint density at radius 2 is 1.50 bits per heavy atom. The van der Waals surface area contributed by atoms with Gasteiger partial charge in [-0.3, -0.25) is 0 Å². The van der Waals surface area contributed by atoms with Gasteiger partial charge in [0.15, 0.2) is 0 Å². The molecule has 0 heterocycles. The van der Waals surface area contributed by atoms with Crippen molar-refractivity contribution in [2.24, 2.45) is 0 Å². The van der Waals surface area contributed by atoms with Crippen molar-refractivity contribution in [2.45, 2.75) is 58.9 Å². The minimum Gasteiger partial charge on any atom is -0.633 e. The Hall–Kier alpha value is -1.06. The molecule has 0 fully saturated rings. The number of aromatic hydroxyl groups is 1. The van der Waals surface area contributed by atoms with Crippen molar-refractivity contribution in [3.63, 3.8) is 0 Å². The topological polar surface area (TPSA) is 43.3 Å². The van der Waals surface area contributed by atoms with Crippen LogP contribution in [0, 0.1) is 5.21 Å². The van der Waals surface area contributed by atoms with E-state index in [0.29, 0.717) is 0 Å². The van der Waals surface area contributed by atoms with Crippen LogP contribution in [-0.4, -0.2) is 23.8 Å². The highest BCUT2D eigenvalue weighted by Gasteiger charge is 2.26. The lowest BCUT2D eigenvalue weighted by molar-refractivity contribution is -0.853. The van der Waals surface area contributed by atoms with E-state index < -0.39 is 4.65 Å². The summed E-state index contributed by atoms with van der Waals surface area (Å²) in [6.07, 6.45) is 0. The first-order valence-corrected chi connectivity index (χ1v) is 7.13. The van der Waals surface area contributed by atoms with Crippen molar-refractivity contribution in [3.05, 3.63) is 34.0 Å². The van der Waals surface area contributed by atoms with E-state index in [-0.39, 0.29) is 23.1 Å². The predicted octanol–water partition coefficient (Wildman–Crippen LogP) is 4.06. The molecule has 0 aliphatic heterocycles. The molecule has 0 amide bonds. The predicted molar refractivity (Wildman–Crippen MR) is 84.7 cm³/mol. The van der Waals surface area contributed by atoms with Crippen LogP contribution in [0.1, 0.15) is 58.2 Å². The summed E-state index contributed by atoms with van der Waals surface area (Å²) in [6, 6.07) is 4.05. The maximum Gasteiger partial charge on any atom is 0.128 e. The highest BCUT2D eigenvalue weighted by molar-refractivity contribution is 5.48. The van der Waals surface area contributed by atoms with Gasteiger partial charge in [0.2, 0.25) is 0 Å². The molecule has 1 N–H and O–H groups in total. The van der Waals surface area contributed by atoms with Gasteiger partial charge in [-0.05, 0) is 22.5 Å². The zero-order valence-electron chi connectivity index (χ0n) is 14.2. The maximum absolute atomic E-state index is 12.0. The van der Waals surface area contributed by atoms with Gasteiger partial charge in [-0.1, -0.05) is 47.6 Å². The summed E-state index contributed by atoms with van der Waals surface area (Å²) in [7, 11) is 3.19. The van der Waals surface area contributed by atoms with E-state index in [1.165, 1.54) is 0 Å². The van der Waals surface area contributed by atoms with Crippen LogP contribution in [-0.2, 0) is 17.4 Å². The average molecular weight is 279 g/mol. The molecule has 0 aromatic heterocycles. The molecule has 0 saturated carbocycles. The van der Waals surface area contributed by atoms with Crippen LogP contribution in [0.4, 0.5) is 0 Å². The second-order valence-electron chi connectivity index (χ2n) is 8.26. The summed E-state index contributed by atoms with van der Waals surface area (Å²) in [5, 5.41) is 22.5. The molecule has 3 heteroatoms. The maximum atomic E-state index is 12.0. The van der Waals surface area contributed by atoms with Crippen LogP contribution in [0.15, 0.2) is 12.1 Å². The van der Waals surface area contributed by atoms with E-state index in [4.69, 9.17) is 0 Å². The molecule has 0 aliphatic carbocycles. The fraction of sp³-hybridized carbons (Fsp3) is 0.647. The number of hydrogen-bond donors (Lipinski definition) is 1. The molecule has 0 spiro atoms. The number of phenolic OH excluding ortho intramolecular Hbond substituents is 1. The fourth-order valence-electron chi connectivity index (χ4n) is 2.23. The van der Waals surface area contributed by atoms with Crippen LogP contribution in [0.2, 0.25) is 0 Å². The molecule has 0 saturated heterocycles. The molecule has 1 aromatic carbocycles. The molecule has 20 heavy (non-hydrogen) atoms. The molecular formula is C17H29NO2. The van der Waals surface area contributed by atoms with E-state index in [0.717, 1.165) is 16.7 Å². The molecule has 1 aromatic rings. The summed E-state index contributed by atoms with van der Waals surface area (Å²) >= 11 is 0. The molecule has 114 valence electrons. The zero-order valence-corrected chi connectivity index (χ0v) is 14.2. The summed E-state index contributed by atoms with van der Waals surface area (Å²) in [6.45, 7) is 13.0. The Kier molecular flexibility index (Phi) is 4.29. The van der Waals surface area contributed by atoms with Crippen LogP contribution < -0.4 is 0 Å². The second-order valence-corrected chi connectivity index (χ2v) is 8.26. The van der Waals surface area contributed by atoms with E-state index in [2.05, 4.69) is 47.6 Å². The normalized spacial score (nSPS) is 13.7. The third kappa shape index (κ3) is 4.22. The van der Waals surface area contributed by atoms with Gasteiger partial charge >= 0.3 is 0 Å². The van der Waals surface area contributed by atoms with Crippen LogP contribution >= 0.6 is 0 Å². The van der Waals surface area contributed by atoms with Gasteiger partial charge in [-0.15, -0.1) is 0 Å². The fourth-order valence-corrected chi connectivity index (χ4v) is 2.23. The zero-order chi connectivity index (χ0) is 15.9. The largest absolute Gasteiger partial charge is 0.633 e. The molecule has 0 bridgehead atoms. The summed E-state index contributed by atoms with van der Waals surface area (Å²) in [4.78, 5) is 0. The van der Waals surface area contributed by atoms with Gasteiger partial charge < -0.3 is 15.0 Å². The first-order chi connectivity index (χ1) is 8.72. The lowest BCUT2D eigenvalue weighted by atomic mass is 9.79. The molecule has 0 atom stereocenters. The van der Waals surface area contributed by atoms with Gasteiger partial charge in [-0.2, -0.15) is 0 Å². The first-order valence-electron chi connectivity index (χ1n) is 7.13. The van der Waals surface area contributed by atoms with E-state index in [1.807, 2.05) is 6.07 Å². The Morgan fingerprint density at radius 1 is 1.00 bits per heavy atom. The Bertz CT molecular complexity index is 485. The first kappa shape index (κ1) is 17.0. The van der Waals surface area contributed by atoms with E-state index >= 15 is 0 Å². The van der Waals surface area contributed by atoms with Crippen molar-refractivity contribution >= 4 is 0 Å². The lowest BCUT2D eigenvalue weighted by Crippen LogP contribution is -2.31. The number of rotatable bonds is 2.